The molecule has 0 radical (unpaired) electrons. The van der Waals surface area contributed by atoms with E-state index in [-0.39, 0.29) is 11.7 Å². The van der Waals surface area contributed by atoms with Crippen LogP contribution < -0.4 is 5.73 Å². The minimum atomic E-state index is 0.0330. The number of hydrogen-bond donors (Lipinski definition) is 1. The van der Waals surface area contributed by atoms with Crippen molar-refractivity contribution in [3.05, 3.63) is 0 Å². The first-order chi connectivity index (χ1) is 7.57. The van der Waals surface area contributed by atoms with Gasteiger partial charge in [0.15, 0.2) is 0 Å². The number of carbonyl (C=O) groups excluding carboxylic acids is 2. The van der Waals surface area contributed by atoms with Gasteiger partial charge in [-0.1, -0.05) is 21.6 Å². The molecule has 0 spiro atoms. The average molecular weight is 264 g/mol. The van der Waals surface area contributed by atoms with E-state index in [0.717, 1.165) is 11.5 Å². The molecule has 0 rings (SSSR count). The molecule has 6 heteroatoms. The van der Waals surface area contributed by atoms with Crippen molar-refractivity contribution in [3.63, 3.8) is 0 Å². The van der Waals surface area contributed by atoms with Gasteiger partial charge in [0.1, 0.15) is 5.78 Å². The molecule has 1 amide bonds. The van der Waals surface area contributed by atoms with Gasteiger partial charge in [-0.3, -0.25) is 9.59 Å². The lowest BCUT2D eigenvalue weighted by Gasteiger charge is -2.19. The first-order valence-electron chi connectivity index (χ1n) is 5.27. The Hall–Kier alpha value is -0.200. The summed E-state index contributed by atoms with van der Waals surface area (Å²) in [7, 11) is 3.43. The average Bonchev–Trinajstić information content (AvgIpc) is 2.21. The van der Waals surface area contributed by atoms with Gasteiger partial charge < -0.3 is 10.6 Å². The summed E-state index contributed by atoms with van der Waals surface area (Å²) in [6.07, 6.45) is 0.445. The summed E-state index contributed by atoms with van der Waals surface area (Å²) in [6, 6.07) is 0. The molecular weight excluding hydrogens is 244 g/mol. The fourth-order valence-corrected chi connectivity index (χ4v) is 2.88. The van der Waals surface area contributed by atoms with E-state index in [1.165, 1.54) is 6.92 Å². The topological polar surface area (TPSA) is 63.4 Å². The minimum absolute atomic E-state index is 0.0330. The maximum absolute atomic E-state index is 11.3. The standard InChI is InChI=1S/C10H20N2O2S2/c1-9(13)3-5-12(10(2)14)6-8-16-15-7-4-11/h3-8,11H2,1-2H3. The molecular formula is C10H20N2O2S2. The molecule has 0 saturated heterocycles. The Bertz CT molecular complexity index is 225. The Morgan fingerprint density at radius 1 is 1.12 bits per heavy atom. The molecule has 0 atom stereocenters. The Labute approximate surface area is 105 Å². The van der Waals surface area contributed by atoms with Crippen LogP contribution in [0.1, 0.15) is 20.3 Å². The predicted octanol–water partition coefficient (Wildman–Crippen LogP) is 1.15. The molecule has 0 aliphatic heterocycles. The van der Waals surface area contributed by atoms with Crippen molar-refractivity contribution in [1.82, 2.24) is 4.90 Å². The highest BCUT2D eigenvalue weighted by Crippen LogP contribution is 2.19. The molecule has 0 unspecified atom stereocenters. The fraction of sp³-hybridized carbons (Fsp3) is 0.800. The van der Waals surface area contributed by atoms with Gasteiger partial charge in [0.05, 0.1) is 0 Å². The smallest absolute Gasteiger partial charge is 0.219 e. The molecule has 2 N–H and O–H groups in total. The lowest BCUT2D eigenvalue weighted by atomic mass is 10.3. The molecule has 0 aromatic heterocycles. The lowest BCUT2D eigenvalue weighted by Crippen LogP contribution is -2.32. The van der Waals surface area contributed by atoms with Crippen molar-refractivity contribution >= 4 is 33.3 Å². The molecule has 0 aliphatic carbocycles. The summed E-state index contributed by atoms with van der Waals surface area (Å²) in [4.78, 5) is 23.8. The maximum atomic E-state index is 11.3. The van der Waals surface area contributed by atoms with Crippen LogP contribution in [0, 0.1) is 0 Å². The van der Waals surface area contributed by atoms with Gasteiger partial charge in [-0.15, -0.1) is 0 Å². The van der Waals surface area contributed by atoms with Crippen LogP contribution in [-0.2, 0) is 9.59 Å². The zero-order chi connectivity index (χ0) is 12.4. The van der Waals surface area contributed by atoms with E-state index in [9.17, 15) is 9.59 Å². The highest BCUT2D eigenvalue weighted by molar-refractivity contribution is 8.76. The number of ketones is 1. The number of carbonyl (C=O) groups is 2. The van der Waals surface area contributed by atoms with Gasteiger partial charge in [-0.2, -0.15) is 0 Å². The summed E-state index contributed by atoms with van der Waals surface area (Å²) in [5.41, 5.74) is 5.36. The monoisotopic (exact) mass is 264 g/mol. The SMILES string of the molecule is CC(=O)CCN(CCSSCCN)C(C)=O. The second-order valence-electron chi connectivity index (χ2n) is 3.39. The molecule has 0 aromatic carbocycles. The Kier molecular flexibility index (Phi) is 9.86. The van der Waals surface area contributed by atoms with Crippen LogP contribution in [-0.4, -0.2) is 47.7 Å². The quantitative estimate of drug-likeness (QED) is 0.500. The highest BCUT2D eigenvalue weighted by atomic mass is 33.1. The molecule has 4 nitrogen and oxygen atoms in total. The van der Waals surface area contributed by atoms with Crippen LogP contribution in [0.2, 0.25) is 0 Å². The van der Waals surface area contributed by atoms with Crippen LogP contribution in [0.4, 0.5) is 0 Å². The number of hydrogen-bond acceptors (Lipinski definition) is 5. The molecule has 94 valence electrons. The van der Waals surface area contributed by atoms with Gasteiger partial charge >= 0.3 is 0 Å². The second-order valence-corrected chi connectivity index (χ2v) is 6.09. The fourth-order valence-electron chi connectivity index (χ4n) is 1.03. The summed E-state index contributed by atoms with van der Waals surface area (Å²) in [5.74, 6) is 1.96. The van der Waals surface area contributed by atoms with Gasteiger partial charge in [-0.05, 0) is 6.92 Å². The van der Waals surface area contributed by atoms with Crippen molar-refractivity contribution in [1.29, 1.82) is 0 Å². The molecule has 0 bridgehead atoms. The minimum Gasteiger partial charge on any atom is -0.342 e. The van der Waals surface area contributed by atoms with E-state index in [1.807, 2.05) is 0 Å². The normalized spacial score (nSPS) is 10.2. The number of Topliss-reactive ketones (excluding diaryl/α,β-unsaturated/α-hetero) is 1. The third kappa shape index (κ3) is 9.06. The zero-order valence-electron chi connectivity index (χ0n) is 9.90. The molecule has 0 aliphatic rings. The van der Waals surface area contributed by atoms with Crippen LogP contribution in [0.3, 0.4) is 0 Å². The van der Waals surface area contributed by atoms with Crippen molar-refractivity contribution in [3.8, 4) is 0 Å². The Balaban J connectivity index is 3.68. The van der Waals surface area contributed by atoms with E-state index in [2.05, 4.69) is 0 Å². The predicted molar refractivity (Wildman–Crippen MR) is 71.5 cm³/mol. The van der Waals surface area contributed by atoms with Crippen LogP contribution in [0.15, 0.2) is 0 Å². The first-order valence-corrected chi connectivity index (χ1v) is 7.76. The van der Waals surface area contributed by atoms with Crippen LogP contribution >= 0.6 is 21.6 Å². The number of rotatable bonds is 9. The summed E-state index contributed by atoms with van der Waals surface area (Å²) in [6.45, 7) is 5.00. The van der Waals surface area contributed by atoms with Crippen molar-refractivity contribution < 1.29 is 9.59 Å². The third-order valence-corrected chi connectivity index (χ3v) is 4.33. The maximum Gasteiger partial charge on any atom is 0.219 e. The Morgan fingerprint density at radius 3 is 2.25 bits per heavy atom. The summed E-state index contributed by atoms with van der Waals surface area (Å²) >= 11 is 0. The van der Waals surface area contributed by atoms with E-state index in [1.54, 1.807) is 33.4 Å². The van der Waals surface area contributed by atoms with Crippen LogP contribution in [0.25, 0.3) is 0 Å². The van der Waals surface area contributed by atoms with E-state index < -0.39 is 0 Å². The molecule has 16 heavy (non-hydrogen) atoms. The molecule has 0 saturated carbocycles. The van der Waals surface area contributed by atoms with Gasteiger partial charge in [0.2, 0.25) is 5.91 Å². The molecule has 0 aromatic rings. The van der Waals surface area contributed by atoms with Crippen molar-refractivity contribution in [2.75, 3.05) is 31.1 Å². The zero-order valence-corrected chi connectivity index (χ0v) is 11.5. The third-order valence-electron chi connectivity index (χ3n) is 1.91. The number of nitrogens with two attached hydrogens (primary N) is 1. The molecule has 0 fully saturated rings. The highest BCUT2D eigenvalue weighted by Gasteiger charge is 2.08. The Morgan fingerprint density at radius 2 is 1.75 bits per heavy atom. The van der Waals surface area contributed by atoms with Crippen molar-refractivity contribution in [2.24, 2.45) is 5.73 Å². The van der Waals surface area contributed by atoms with Crippen molar-refractivity contribution in [2.45, 2.75) is 20.3 Å². The van der Waals surface area contributed by atoms with Gasteiger partial charge in [0.25, 0.3) is 0 Å². The summed E-state index contributed by atoms with van der Waals surface area (Å²) < 4.78 is 0. The van der Waals surface area contributed by atoms with Gasteiger partial charge in [-0.25, -0.2) is 0 Å². The van der Waals surface area contributed by atoms with E-state index >= 15 is 0 Å². The summed E-state index contributed by atoms with van der Waals surface area (Å²) in [5, 5.41) is 0. The second kappa shape index (κ2) is 9.99. The van der Waals surface area contributed by atoms with E-state index in [0.29, 0.717) is 26.1 Å². The molecule has 0 heterocycles. The number of amides is 1. The first kappa shape index (κ1) is 15.8. The van der Waals surface area contributed by atoms with Gasteiger partial charge in [0, 0.05) is 44.5 Å². The van der Waals surface area contributed by atoms with E-state index in [4.69, 9.17) is 5.73 Å². The lowest BCUT2D eigenvalue weighted by molar-refractivity contribution is -0.129. The number of nitrogens with zero attached hydrogens (tertiary/aromatic N) is 1. The largest absolute Gasteiger partial charge is 0.342 e. The van der Waals surface area contributed by atoms with Crippen LogP contribution in [0.5, 0.6) is 0 Å².